The van der Waals surface area contributed by atoms with Crippen LogP contribution in [0, 0.1) is 11.3 Å². The fraction of sp³-hybridized carbons (Fsp3) is 0.385. The van der Waals surface area contributed by atoms with Gasteiger partial charge in [-0.25, -0.2) is 4.98 Å². The van der Waals surface area contributed by atoms with Gasteiger partial charge in [0.1, 0.15) is 0 Å². The average Bonchev–Trinajstić information content (AvgIpc) is 2.77. The normalized spacial score (nSPS) is 11.9. The summed E-state index contributed by atoms with van der Waals surface area (Å²) in [5.41, 5.74) is 1.95. The van der Waals surface area contributed by atoms with E-state index in [9.17, 15) is 0 Å². The third kappa shape index (κ3) is 3.39. The van der Waals surface area contributed by atoms with Crippen LogP contribution in [0.5, 0.6) is 0 Å². The van der Waals surface area contributed by atoms with E-state index in [-0.39, 0.29) is 0 Å². The van der Waals surface area contributed by atoms with Crippen molar-refractivity contribution in [3.05, 3.63) is 42.0 Å². The molecule has 1 aromatic heterocycles. The van der Waals surface area contributed by atoms with Crippen molar-refractivity contribution in [3.8, 4) is 6.07 Å². The van der Waals surface area contributed by atoms with Crippen molar-refractivity contribution in [3.63, 3.8) is 0 Å². The minimum Gasteiger partial charge on any atom is -0.335 e. The molecule has 0 aromatic carbocycles. The Morgan fingerprint density at radius 3 is 3.06 bits per heavy atom. The number of aryl methyl sites for hydroxylation is 2. The van der Waals surface area contributed by atoms with Crippen LogP contribution in [0.2, 0.25) is 0 Å². The molecule has 0 saturated heterocycles. The molecule has 0 amide bonds. The van der Waals surface area contributed by atoms with E-state index in [1.807, 2.05) is 37.7 Å². The Bertz CT molecular complexity index is 419. The van der Waals surface area contributed by atoms with Gasteiger partial charge in [0.15, 0.2) is 0 Å². The summed E-state index contributed by atoms with van der Waals surface area (Å²) in [5.74, 6) is 0. The zero-order chi connectivity index (χ0) is 11.8. The topological polar surface area (TPSA) is 41.6 Å². The first-order valence-corrected chi connectivity index (χ1v) is 5.53. The molecule has 0 atom stereocenters. The SMILES string of the molecule is C/C=C(C#N)\C=C/CCc1cncn1CC. The maximum absolute atomic E-state index is 8.71. The van der Waals surface area contributed by atoms with E-state index >= 15 is 0 Å². The van der Waals surface area contributed by atoms with Gasteiger partial charge in [-0.05, 0) is 32.8 Å². The van der Waals surface area contributed by atoms with Crippen molar-refractivity contribution in [1.82, 2.24) is 9.55 Å². The van der Waals surface area contributed by atoms with Gasteiger partial charge in [-0.1, -0.05) is 12.2 Å². The molecule has 1 rings (SSSR count). The van der Waals surface area contributed by atoms with Crippen molar-refractivity contribution < 1.29 is 0 Å². The van der Waals surface area contributed by atoms with Crippen LogP contribution in [0.1, 0.15) is 26.0 Å². The third-order valence-electron chi connectivity index (χ3n) is 2.44. The number of nitriles is 1. The average molecular weight is 215 g/mol. The van der Waals surface area contributed by atoms with Crippen LogP contribution in [-0.2, 0) is 13.0 Å². The van der Waals surface area contributed by atoms with Crippen molar-refractivity contribution in [2.45, 2.75) is 33.2 Å². The van der Waals surface area contributed by atoms with Crippen molar-refractivity contribution in [1.29, 1.82) is 5.26 Å². The second kappa shape index (κ2) is 6.62. The molecule has 0 bridgehead atoms. The lowest BCUT2D eigenvalue weighted by Crippen LogP contribution is -1.98. The molecule has 0 unspecified atom stereocenters. The minimum atomic E-state index is 0.712. The molecule has 0 saturated carbocycles. The molecule has 0 fully saturated rings. The molecule has 0 aliphatic rings. The highest BCUT2D eigenvalue weighted by Crippen LogP contribution is 2.04. The van der Waals surface area contributed by atoms with E-state index in [1.54, 1.807) is 0 Å². The number of hydrogen-bond donors (Lipinski definition) is 0. The highest BCUT2D eigenvalue weighted by atomic mass is 15.0. The predicted octanol–water partition coefficient (Wildman–Crippen LogP) is 2.86. The molecular weight excluding hydrogens is 198 g/mol. The molecule has 0 N–H and O–H groups in total. The second-order valence-corrected chi connectivity index (χ2v) is 3.47. The molecule has 84 valence electrons. The van der Waals surface area contributed by atoms with E-state index in [0.717, 1.165) is 19.4 Å². The van der Waals surface area contributed by atoms with Gasteiger partial charge in [0.2, 0.25) is 0 Å². The second-order valence-electron chi connectivity index (χ2n) is 3.47. The molecule has 0 aliphatic carbocycles. The van der Waals surface area contributed by atoms with Gasteiger partial charge < -0.3 is 4.57 Å². The lowest BCUT2D eigenvalue weighted by atomic mass is 10.2. The highest BCUT2D eigenvalue weighted by Gasteiger charge is 1.97. The van der Waals surface area contributed by atoms with Crippen molar-refractivity contribution >= 4 is 0 Å². The summed E-state index contributed by atoms with van der Waals surface area (Å²) < 4.78 is 2.13. The minimum absolute atomic E-state index is 0.712. The van der Waals surface area contributed by atoms with Crippen molar-refractivity contribution in [2.24, 2.45) is 0 Å². The first-order valence-electron chi connectivity index (χ1n) is 5.53. The molecule has 1 heterocycles. The van der Waals surface area contributed by atoms with Gasteiger partial charge in [0, 0.05) is 24.0 Å². The number of hydrogen-bond acceptors (Lipinski definition) is 2. The van der Waals surface area contributed by atoms with Crippen LogP contribution in [0.15, 0.2) is 36.3 Å². The van der Waals surface area contributed by atoms with Gasteiger partial charge in [-0.2, -0.15) is 5.26 Å². The first kappa shape index (κ1) is 12.3. The van der Waals surface area contributed by atoms with Gasteiger partial charge in [-0.3, -0.25) is 0 Å². The Morgan fingerprint density at radius 2 is 2.44 bits per heavy atom. The van der Waals surface area contributed by atoms with Gasteiger partial charge in [0.05, 0.1) is 12.4 Å². The number of allylic oxidation sites excluding steroid dienone is 4. The van der Waals surface area contributed by atoms with Crippen LogP contribution in [0.4, 0.5) is 0 Å². The summed E-state index contributed by atoms with van der Waals surface area (Å²) in [6, 6.07) is 2.12. The monoisotopic (exact) mass is 215 g/mol. The first-order chi connectivity index (χ1) is 7.81. The lowest BCUT2D eigenvalue weighted by molar-refractivity contribution is 0.707. The number of rotatable bonds is 5. The summed E-state index contributed by atoms with van der Waals surface area (Å²) >= 11 is 0. The maximum Gasteiger partial charge on any atom is 0.0987 e. The van der Waals surface area contributed by atoms with E-state index in [2.05, 4.69) is 22.5 Å². The summed E-state index contributed by atoms with van der Waals surface area (Å²) in [7, 11) is 0. The summed E-state index contributed by atoms with van der Waals surface area (Å²) in [4.78, 5) is 4.11. The Hall–Kier alpha value is -1.82. The maximum atomic E-state index is 8.71. The van der Waals surface area contributed by atoms with Gasteiger partial charge in [0.25, 0.3) is 0 Å². The molecule has 3 heteroatoms. The van der Waals surface area contributed by atoms with Crippen LogP contribution >= 0.6 is 0 Å². The Balaban J connectivity index is 2.45. The molecule has 3 nitrogen and oxygen atoms in total. The van der Waals surface area contributed by atoms with E-state index in [1.165, 1.54) is 5.69 Å². The standard InChI is InChI=1S/C13H17N3/c1-3-12(9-14)7-5-6-8-13-10-15-11-16(13)4-2/h3,5,7,10-11H,4,6,8H2,1-2H3/b7-5-,12-3+. The zero-order valence-corrected chi connectivity index (χ0v) is 9.85. The van der Waals surface area contributed by atoms with Gasteiger partial charge in [-0.15, -0.1) is 0 Å². The predicted molar refractivity (Wildman–Crippen MR) is 64.7 cm³/mol. The number of imidazole rings is 1. The molecule has 16 heavy (non-hydrogen) atoms. The number of aromatic nitrogens is 2. The molecule has 1 aromatic rings. The summed E-state index contributed by atoms with van der Waals surface area (Å²) in [6.45, 7) is 4.93. The fourth-order valence-electron chi connectivity index (χ4n) is 1.48. The zero-order valence-electron chi connectivity index (χ0n) is 9.85. The Morgan fingerprint density at radius 1 is 1.62 bits per heavy atom. The molecule has 0 spiro atoms. The molecular formula is C13H17N3. The smallest absolute Gasteiger partial charge is 0.0987 e. The van der Waals surface area contributed by atoms with Crippen LogP contribution < -0.4 is 0 Å². The summed E-state index contributed by atoms with van der Waals surface area (Å²) in [6.07, 6.45) is 11.4. The quantitative estimate of drug-likeness (QED) is 0.560. The van der Waals surface area contributed by atoms with E-state index in [0.29, 0.717) is 5.57 Å². The van der Waals surface area contributed by atoms with Crippen LogP contribution in [0.3, 0.4) is 0 Å². The Labute approximate surface area is 96.7 Å². The van der Waals surface area contributed by atoms with E-state index < -0.39 is 0 Å². The highest BCUT2D eigenvalue weighted by molar-refractivity contribution is 5.31. The Kier molecular flexibility index (Phi) is 5.07. The van der Waals surface area contributed by atoms with Crippen LogP contribution in [0.25, 0.3) is 0 Å². The number of nitrogens with zero attached hydrogens (tertiary/aromatic N) is 3. The van der Waals surface area contributed by atoms with E-state index in [4.69, 9.17) is 5.26 Å². The summed E-state index contributed by atoms with van der Waals surface area (Å²) in [5, 5.41) is 8.71. The third-order valence-corrected chi connectivity index (χ3v) is 2.44. The fourth-order valence-corrected chi connectivity index (χ4v) is 1.48. The largest absolute Gasteiger partial charge is 0.335 e. The van der Waals surface area contributed by atoms with Crippen LogP contribution in [-0.4, -0.2) is 9.55 Å². The van der Waals surface area contributed by atoms with Crippen molar-refractivity contribution in [2.75, 3.05) is 0 Å². The van der Waals surface area contributed by atoms with Gasteiger partial charge >= 0.3 is 0 Å². The molecule has 0 aliphatic heterocycles. The lowest BCUT2D eigenvalue weighted by Gasteiger charge is -2.02. The molecule has 0 radical (unpaired) electrons.